The smallest absolute Gasteiger partial charge is 0.150 e. The van der Waals surface area contributed by atoms with E-state index in [-0.39, 0.29) is 11.5 Å². The monoisotopic (exact) mass is 228 g/mol. The SMILES string of the molecule is O=Cc1ccc(O)c(Cc2ccc(O)cc2)c1. The predicted molar refractivity (Wildman–Crippen MR) is 64.4 cm³/mol. The van der Waals surface area contributed by atoms with E-state index in [0.29, 0.717) is 17.5 Å². The van der Waals surface area contributed by atoms with E-state index in [1.165, 1.54) is 6.07 Å². The second kappa shape index (κ2) is 4.70. The Morgan fingerprint density at radius 1 is 1.00 bits per heavy atom. The average molecular weight is 228 g/mol. The number of hydrogen-bond donors (Lipinski definition) is 2. The van der Waals surface area contributed by atoms with Crippen LogP contribution in [0.4, 0.5) is 0 Å². The van der Waals surface area contributed by atoms with Crippen LogP contribution in [-0.4, -0.2) is 16.5 Å². The molecule has 86 valence electrons. The molecule has 0 aliphatic heterocycles. The first-order valence-corrected chi connectivity index (χ1v) is 5.24. The third-order valence-electron chi connectivity index (χ3n) is 2.57. The van der Waals surface area contributed by atoms with E-state index < -0.39 is 0 Å². The molecule has 0 fully saturated rings. The van der Waals surface area contributed by atoms with Crippen molar-refractivity contribution in [2.24, 2.45) is 0 Å². The van der Waals surface area contributed by atoms with Gasteiger partial charge in [-0.1, -0.05) is 12.1 Å². The molecule has 0 aromatic heterocycles. The number of phenols is 2. The maximum Gasteiger partial charge on any atom is 0.150 e. The second-order valence-electron chi connectivity index (χ2n) is 3.85. The summed E-state index contributed by atoms with van der Waals surface area (Å²) in [6.07, 6.45) is 1.27. The summed E-state index contributed by atoms with van der Waals surface area (Å²) in [5, 5.41) is 18.8. The lowest BCUT2D eigenvalue weighted by Crippen LogP contribution is -1.91. The first-order valence-electron chi connectivity index (χ1n) is 5.24. The van der Waals surface area contributed by atoms with E-state index in [0.717, 1.165) is 11.8 Å². The van der Waals surface area contributed by atoms with Crippen molar-refractivity contribution in [1.82, 2.24) is 0 Å². The zero-order valence-corrected chi connectivity index (χ0v) is 9.13. The minimum atomic E-state index is 0.170. The number of aromatic hydroxyl groups is 2. The summed E-state index contributed by atoms with van der Waals surface area (Å²) in [5.41, 5.74) is 2.19. The van der Waals surface area contributed by atoms with E-state index in [9.17, 15) is 9.90 Å². The third-order valence-corrected chi connectivity index (χ3v) is 2.57. The van der Waals surface area contributed by atoms with Crippen molar-refractivity contribution >= 4 is 6.29 Å². The van der Waals surface area contributed by atoms with Crippen molar-refractivity contribution < 1.29 is 15.0 Å². The van der Waals surface area contributed by atoms with Crippen molar-refractivity contribution in [2.45, 2.75) is 6.42 Å². The predicted octanol–water partition coefficient (Wildman–Crippen LogP) is 2.50. The number of benzene rings is 2. The summed E-state index contributed by atoms with van der Waals surface area (Å²) >= 11 is 0. The van der Waals surface area contributed by atoms with Gasteiger partial charge in [-0.25, -0.2) is 0 Å². The van der Waals surface area contributed by atoms with Crippen molar-refractivity contribution in [2.75, 3.05) is 0 Å². The summed E-state index contributed by atoms with van der Waals surface area (Å²) in [5.74, 6) is 0.378. The Balaban J connectivity index is 2.28. The Labute approximate surface area is 99.0 Å². The minimum Gasteiger partial charge on any atom is -0.508 e. The molecule has 0 aliphatic rings. The molecule has 0 heterocycles. The molecule has 2 aromatic carbocycles. The molecule has 0 amide bonds. The topological polar surface area (TPSA) is 57.5 Å². The van der Waals surface area contributed by atoms with Crippen LogP contribution in [0.15, 0.2) is 42.5 Å². The fourth-order valence-corrected chi connectivity index (χ4v) is 1.65. The largest absolute Gasteiger partial charge is 0.508 e. The molecule has 0 saturated heterocycles. The van der Waals surface area contributed by atoms with Gasteiger partial charge in [0.15, 0.2) is 0 Å². The molecule has 0 saturated carbocycles. The van der Waals surface area contributed by atoms with Gasteiger partial charge in [-0.3, -0.25) is 4.79 Å². The quantitative estimate of drug-likeness (QED) is 0.793. The fourth-order valence-electron chi connectivity index (χ4n) is 1.65. The molecular formula is C14H12O3. The minimum absolute atomic E-state index is 0.170. The molecule has 3 heteroatoms. The maximum absolute atomic E-state index is 10.7. The summed E-state index contributed by atoms with van der Waals surface area (Å²) in [4.78, 5) is 10.7. The van der Waals surface area contributed by atoms with E-state index in [1.807, 2.05) is 0 Å². The maximum atomic E-state index is 10.7. The first kappa shape index (κ1) is 11.2. The molecule has 17 heavy (non-hydrogen) atoms. The van der Waals surface area contributed by atoms with Crippen molar-refractivity contribution in [1.29, 1.82) is 0 Å². The van der Waals surface area contributed by atoms with Gasteiger partial charge in [0, 0.05) is 12.0 Å². The van der Waals surface area contributed by atoms with Crippen LogP contribution in [0.2, 0.25) is 0 Å². The zero-order chi connectivity index (χ0) is 12.3. The van der Waals surface area contributed by atoms with Crippen LogP contribution in [0.25, 0.3) is 0 Å². The van der Waals surface area contributed by atoms with Crippen LogP contribution < -0.4 is 0 Å². The standard InChI is InChI=1S/C14H12O3/c15-9-11-3-6-14(17)12(8-11)7-10-1-4-13(16)5-2-10/h1-6,8-9,16-17H,7H2. The van der Waals surface area contributed by atoms with Gasteiger partial charge in [0.25, 0.3) is 0 Å². The zero-order valence-electron chi connectivity index (χ0n) is 9.13. The number of rotatable bonds is 3. The van der Waals surface area contributed by atoms with Crippen molar-refractivity contribution in [3.8, 4) is 11.5 Å². The normalized spacial score (nSPS) is 10.1. The summed E-state index contributed by atoms with van der Waals surface area (Å²) < 4.78 is 0. The van der Waals surface area contributed by atoms with E-state index >= 15 is 0 Å². The third kappa shape index (κ3) is 2.64. The lowest BCUT2D eigenvalue weighted by molar-refractivity contribution is 0.112. The lowest BCUT2D eigenvalue weighted by atomic mass is 10.0. The van der Waals surface area contributed by atoms with Crippen LogP contribution in [0, 0.1) is 0 Å². The Bertz CT molecular complexity index is 530. The van der Waals surface area contributed by atoms with Crippen molar-refractivity contribution in [3.63, 3.8) is 0 Å². The van der Waals surface area contributed by atoms with Gasteiger partial charge in [0.2, 0.25) is 0 Å². The number of carbonyl (C=O) groups is 1. The number of hydrogen-bond acceptors (Lipinski definition) is 3. The van der Waals surface area contributed by atoms with Gasteiger partial charge >= 0.3 is 0 Å². The van der Waals surface area contributed by atoms with Crippen LogP contribution in [-0.2, 0) is 6.42 Å². The summed E-state index contributed by atoms with van der Waals surface area (Å²) in [7, 11) is 0. The van der Waals surface area contributed by atoms with Crippen LogP contribution >= 0.6 is 0 Å². The molecule has 0 aliphatic carbocycles. The molecular weight excluding hydrogens is 216 g/mol. The number of aldehydes is 1. The molecule has 2 rings (SSSR count). The Morgan fingerprint density at radius 3 is 2.35 bits per heavy atom. The van der Waals surface area contributed by atoms with Gasteiger partial charge in [0.1, 0.15) is 17.8 Å². The van der Waals surface area contributed by atoms with Gasteiger partial charge in [-0.2, -0.15) is 0 Å². The van der Waals surface area contributed by atoms with Crippen LogP contribution in [0.1, 0.15) is 21.5 Å². The second-order valence-corrected chi connectivity index (χ2v) is 3.85. The molecule has 2 N–H and O–H groups in total. The Kier molecular flexibility index (Phi) is 3.10. The van der Waals surface area contributed by atoms with E-state index in [2.05, 4.69) is 0 Å². The highest BCUT2D eigenvalue weighted by Gasteiger charge is 2.04. The first-order chi connectivity index (χ1) is 8.19. The summed E-state index contributed by atoms with van der Waals surface area (Å²) in [6.45, 7) is 0. The number of carbonyl (C=O) groups excluding carboxylic acids is 1. The summed E-state index contributed by atoms with van der Waals surface area (Å²) in [6, 6.07) is 11.5. The van der Waals surface area contributed by atoms with E-state index in [4.69, 9.17) is 5.11 Å². The van der Waals surface area contributed by atoms with Crippen molar-refractivity contribution in [3.05, 3.63) is 59.2 Å². The molecule has 0 atom stereocenters. The van der Waals surface area contributed by atoms with E-state index in [1.54, 1.807) is 36.4 Å². The Morgan fingerprint density at radius 2 is 1.71 bits per heavy atom. The molecule has 0 bridgehead atoms. The molecule has 2 aromatic rings. The van der Waals surface area contributed by atoms with Gasteiger partial charge in [-0.15, -0.1) is 0 Å². The molecule has 3 nitrogen and oxygen atoms in total. The highest BCUT2D eigenvalue weighted by atomic mass is 16.3. The average Bonchev–Trinajstić information content (AvgIpc) is 2.35. The number of phenolic OH excluding ortho intramolecular Hbond substituents is 2. The van der Waals surface area contributed by atoms with Gasteiger partial charge in [-0.05, 0) is 41.5 Å². The highest BCUT2D eigenvalue weighted by molar-refractivity contribution is 5.75. The van der Waals surface area contributed by atoms with Gasteiger partial charge < -0.3 is 10.2 Å². The lowest BCUT2D eigenvalue weighted by Gasteiger charge is -2.05. The fraction of sp³-hybridized carbons (Fsp3) is 0.0714. The highest BCUT2D eigenvalue weighted by Crippen LogP contribution is 2.22. The Hall–Kier alpha value is -2.29. The molecule has 0 spiro atoms. The van der Waals surface area contributed by atoms with Crippen LogP contribution in [0.3, 0.4) is 0 Å². The van der Waals surface area contributed by atoms with Crippen LogP contribution in [0.5, 0.6) is 11.5 Å². The van der Waals surface area contributed by atoms with Gasteiger partial charge in [0.05, 0.1) is 0 Å². The molecule has 0 unspecified atom stereocenters. The molecule has 0 radical (unpaired) electrons.